The van der Waals surface area contributed by atoms with E-state index in [1.165, 1.54) is 14.2 Å². The fraction of sp³-hybridized carbons (Fsp3) is 0.273. The van der Waals surface area contributed by atoms with Crippen molar-refractivity contribution in [1.29, 1.82) is 0 Å². The minimum Gasteiger partial charge on any atom is -0.493 e. The Kier molecular flexibility index (Phi) is 3.29. The lowest BCUT2D eigenvalue weighted by atomic mass is 10.1. The quantitative estimate of drug-likeness (QED) is 0.907. The number of ether oxygens (including phenoxy) is 3. The molecule has 2 rings (SSSR count). The number of amides is 1. The van der Waals surface area contributed by atoms with Gasteiger partial charge in [0.05, 0.1) is 19.2 Å². The number of aliphatic imine (C=N–C) groups is 1. The molecule has 0 bridgehead atoms. The highest BCUT2D eigenvalue weighted by Gasteiger charge is 2.31. The molecule has 0 saturated heterocycles. The van der Waals surface area contributed by atoms with Crippen LogP contribution in [0.2, 0.25) is 5.02 Å². The number of halogens is 1. The summed E-state index contributed by atoms with van der Waals surface area (Å²) in [5.74, 6) is 0.896. The molecule has 1 aliphatic heterocycles. The van der Waals surface area contributed by atoms with Crippen molar-refractivity contribution < 1.29 is 19.0 Å². The summed E-state index contributed by atoms with van der Waals surface area (Å²) in [7, 11) is 2.96. The molecule has 1 aliphatic rings. The molecule has 7 heteroatoms. The van der Waals surface area contributed by atoms with Crippen molar-refractivity contribution in [2.75, 3.05) is 14.2 Å². The molecule has 1 aromatic carbocycles. The molecule has 18 heavy (non-hydrogen) atoms. The highest BCUT2D eigenvalue weighted by Crippen LogP contribution is 2.41. The number of hydrogen-bond donors (Lipinski definition) is 1. The van der Waals surface area contributed by atoms with Gasteiger partial charge in [0.1, 0.15) is 0 Å². The molecule has 0 fully saturated rings. The molecule has 6 nitrogen and oxygen atoms in total. The lowest BCUT2D eigenvalue weighted by molar-refractivity contribution is 0.149. The molecule has 0 aromatic heterocycles. The van der Waals surface area contributed by atoms with Crippen LogP contribution in [0.1, 0.15) is 11.7 Å². The predicted octanol–water partition coefficient (Wildman–Crippen LogP) is 1.91. The van der Waals surface area contributed by atoms with Crippen LogP contribution in [0.15, 0.2) is 17.1 Å². The Morgan fingerprint density at radius 3 is 2.61 bits per heavy atom. The normalized spacial score (nSPS) is 18.3. The van der Waals surface area contributed by atoms with Crippen LogP contribution in [0.25, 0.3) is 0 Å². The number of carbonyl (C=O) groups excluding carboxylic acids is 1. The molecule has 0 aliphatic carbocycles. The fourth-order valence-corrected chi connectivity index (χ4v) is 2.01. The van der Waals surface area contributed by atoms with Gasteiger partial charge in [0, 0.05) is 5.56 Å². The van der Waals surface area contributed by atoms with Crippen LogP contribution < -0.4 is 15.2 Å². The number of benzene rings is 1. The van der Waals surface area contributed by atoms with Crippen molar-refractivity contribution in [3.63, 3.8) is 0 Å². The van der Waals surface area contributed by atoms with E-state index >= 15 is 0 Å². The Morgan fingerprint density at radius 1 is 1.39 bits per heavy atom. The van der Waals surface area contributed by atoms with E-state index in [4.69, 9.17) is 31.5 Å². The summed E-state index contributed by atoms with van der Waals surface area (Å²) in [4.78, 5) is 14.5. The molecular weight excluding hydrogens is 260 g/mol. The predicted molar refractivity (Wildman–Crippen MR) is 65.4 cm³/mol. The summed E-state index contributed by atoms with van der Waals surface area (Å²) in [5, 5.41) is 0.273. The lowest BCUT2D eigenvalue weighted by Gasteiger charge is -2.16. The van der Waals surface area contributed by atoms with Gasteiger partial charge in [0.2, 0.25) is 0 Å². The van der Waals surface area contributed by atoms with Crippen LogP contribution in [0.3, 0.4) is 0 Å². The Balaban J connectivity index is 2.47. The van der Waals surface area contributed by atoms with Crippen molar-refractivity contribution >= 4 is 23.5 Å². The third kappa shape index (κ3) is 1.95. The molecule has 1 unspecified atom stereocenters. The zero-order valence-corrected chi connectivity index (χ0v) is 10.5. The number of nitrogens with two attached hydrogens (primary N) is 1. The lowest BCUT2D eigenvalue weighted by Crippen LogP contribution is -2.19. The van der Waals surface area contributed by atoms with Gasteiger partial charge < -0.3 is 19.9 Å². The van der Waals surface area contributed by atoms with Crippen molar-refractivity contribution in [3.8, 4) is 11.5 Å². The Morgan fingerprint density at radius 2 is 2.11 bits per heavy atom. The first-order chi connectivity index (χ1) is 8.58. The molecule has 2 N–H and O–H groups in total. The van der Waals surface area contributed by atoms with Gasteiger partial charge in [0.25, 0.3) is 0 Å². The average molecular weight is 271 g/mol. The van der Waals surface area contributed by atoms with Gasteiger partial charge in [-0.3, -0.25) is 0 Å². The second kappa shape index (κ2) is 4.73. The van der Waals surface area contributed by atoms with Gasteiger partial charge in [-0.2, -0.15) is 4.99 Å². The van der Waals surface area contributed by atoms with E-state index in [1.54, 1.807) is 12.1 Å². The van der Waals surface area contributed by atoms with E-state index in [2.05, 4.69) is 4.99 Å². The minimum atomic E-state index is -0.787. The first kappa shape index (κ1) is 12.5. The van der Waals surface area contributed by atoms with Crippen LogP contribution in [-0.4, -0.2) is 26.1 Å². The zero-order valence-electron chi connectivity index (χ0n) is 9.77. The Hall–Kier alpha value is -1.95. The number of nitrogens with zero attached hydrogens (tertiary/aromatic N) is 1. The number of methoxy groups -OCH3 is 2. The van der Waals surface area contributed by atoms with Gasteiger partial charge in [-0.05, 0) is 12.1 Å². The van der Waals surface area contributed by atoms with Gasteiger partial charge in [-0.1, -0.05) is 11.6 Å². The molecule has 1 aromatic rings. The van der Waals surface area contributed by atoms with Crippen LogP contribution >= 0.6 is 11.6 Å². The molecule has 96 valence electrons. The molecule has 0 saturated carbocycles. The summed E-state index contributed by atoms with van der Waals surface area (Å²) >= 11 is 6.18. The summed E-state index contributed by atoms with van der Waals surface area (Å²) in [6.07, 6.45) is -1.52. The van der Waals surface area contributed by atoms with E-state index < -0.39 is 12.2 Å². The molecule has 0 spiro atoms. The summed E-state index contributed by atoms with van der Waals surface area (Å²) in [6, 6.07) is 3.30. The van der Waals surface area contributed by atoms with Gasteiger partial charge in [-0.15, -0.1) is 0 Å². The van der Waals surface area contributed by atoms with Gasteiger partial charge in [-0.25, -0.2) is 4.79 Å². The number of carbonyl (C=O) groups is 1. The molecular formula is C11H11ClN2O4. The van der Waals surface area contributed by atoms with E-state index in [1.807, 2.05) is 0 Å². The van der Waals surface area contributed by atoms with Crippen molar-refractivity contribution in [2.24, 2.45) is 10.7 Å². The van der Waals surface area contributed by atoms with E-state index in [-0.39, 0.29) is 10.9 Å². The third-order valence-corrected chi connectivity index (χ3v) is 2.89. The van der Waals surface area contributed by atoms with Gasteiger partial charge in [0.15, 0.2) is 23.4 Å². The van der Waals surface area contributed by atoms with Crippen molar-refractivity contribution in [1.82, 2.24) is 0 Å². The van der Waals surface area contributed by atoms with Crippen LogP contribution in [0.5, 0.6) is 11.5 Å². The second-order valence-electron chi connectivity index (χ2n) is 3.50. The van der Waals surface area contributed by atoms with Crippen LogP contribution in [-0.2, 0) is 4.74 Å². The fourth-order valence-electron chi connectivity index (χ4n) is 1.68. The summed E-state index contributed by atoms with van der Waals surface area (Å²) in [5.41, 5.74) is 6.11. The molecule has 1 amide bonds. The monoisotopic (exact) mass is 270 g/mol. The average Bonchev–Trinajstić information content (AvgIpc) is 2.67. The standard InChI is InChI=1S/C11H11ClN2O4/c1-16-6-4-3-5(7(12)9(6)17-2)8-10(13)14-11(15)18-8/h3-4,8H,1-2H3,(H2,13,14,15). The minimum absolute atomic E-state index is 0.0640. The molecule has 1 heterocycles. The highest BCUT2D eigenvalue weighted by atomic mass is 35.5. The summed E-state index contributed by atoms with van der Waals surface area (Å²) in [6.45, 7) is 0. The number of amidine groups is 1. The SMILES string of the molecule is COc1ccc(C2OC(=O)N=C2N)c(Cl)c1OC. The highest BCUT2D eigenvalue weighted by molar-refractivity contribution is 6.33. The van der Waals surface area contributed by atoms with Crippen LogP contribution in [0.4, 0.5) is 4.79 Å². The Labute approximate surface area is 108 Å². The third-order valence-electron chi connectivity index (χ3n) is 2.51. The smallest absolute Gasteiger partial charge is 0.436 e. The van der Waals surface area contributed by atoms with Gasteiger partial charge >= 0.3 is 6.09 Å². The molecule has 1 atom stereocenters. The van der Waals surface area contributed by atoms with E-state index in [0.717, 1.165) is 0 Å². The maximum atomic E-state index is 11.0. The van der Waals surface area contributed by atoms with E-state index in [0.29, 0.717) is 17.1 Å². The number of cyclic esters (lactones) is 1. The second-order valence-corrected chi connectivity index (χ2v) is 3.88. The van der Waals surface area contributed by atoms with Crippen LogP contribution in [0, 0.1) is 0 Å². The first-order valence-corrected chi connectivity index (χ1v) is 5.41. The largest absolute Gasteiger partial charge is 0.493 e. The first-order valence-electron chi connectivity index (χ1n) is 5.03. The topological polar surface area (TPSA) is 83.1 Å². The Bertz CT molecular complexity index is 530. The van der Waals surface area contributed by atoms with Crippen molar-refractivity contribution in [2.45, 2.75) is 6.10 Å². The number of rotatable bonds is 3. The molecule has 0 radical (unpaired) electrons. The van der Waals surface area contributed by atoms with E-state index in [9.17, 15) is 4.79 Å². The maximum absolute atomic E-state index is 11.0. The van der Waals surface area contributed by atoms with Crippen molar-refractivity contribution in [3.05, 3.63) is 22.7 Å². The number of hydrogen-bond acceptors (Lipinski definition) is 5. The zero-order chi connectivity index (χ0) is 13.3. The maximum Gasteiger partial charge on any atom is 0.436 e. The summed E-state index contributed by atoms with van der Waals surface area (Å²) < 4.78 is 15.2.